The molecule has 3 aromatic rings. The highest BCUT2D eigenvalue weighted by Crippen LogP contribution is 2.31. The van der Waals surface area contributed by atoms with Gasteiger partial charge in [-0.3, -0.25) is 0 Å². The number of aromatic nitrogens is 3. The van der Waals surface area contributed by atoms with Crippen molar-refractivity contribution in [1.29, 1.82) is 0 Å². The van der Waals surface area contributed by atoms with Crippen LogP contribution >= 0.6 is 0 Å². The van der Waals surface area contributed by atoms with E-state index in [0.29, 0.717) is 12.5 Å². The third-order valence-corrected chi connectivity index (χ3v) is 6.18. The monoisotopic (exact) mass is 539 g/mol. The minimum absolute atomic E-state index is 0.0151. The SMILES string of the molecule is CC1CCCCN1c1ccc(CCc2nc(Nc3cccc(C(F)(F)F)c3)nc(OCC(F)(F)F)n2)cc1. The Morgan fingerprint density at radius 1 is 0.947 bits per heavy atom. The fourth-order valence-corrected chi connectivity index (χ4v) is 4.27. The fraction of sp³-hybridized carbons (Fsp3) is 0.423. The molecule has 6 nitrogen and oxygen atoms in total. The molecule has 1 N–H and O–H groups in total. The van der Waals surface area contributed by atoms with E-state index in [1.807, 2.05) is 24.3 Å². The summed E-state index contributed by atoms with van der Waals surface area (Å²) in [6.07, 6.45) is -4.92. The second-order valence-electron chi connectivity index (χ2n) is 9.17. The molecule has 1 aliphatic rings. The number of anilines is 3. The van der Waals surface area contributed by atoms with Gasteiger partial charge in [-0.05, 0) is 68.5 Å². The van der Waals surface area contributed by atoms with Gasteiger partial charge in [-0.25, -0.2) is 0 Å². The Kier molecular flexibility index (Phi) is 8.27. The first kappa shape index (κ1) is 27.5. The first-order chi connectivity index (χ1) is 18.0. The molecule has 1 aliphatic heterocycles. The van der Waals surface area contributed by atoms with Gasteiger partial charge in [-0.15, -0.1) is 0 Å². The van der Waals surface area contributed by atoms with Crippen LogP contribution in [0.1, 0.15) is 43.1 Å². The maximum absolute atomic E-state index is 13.1. The van der Waals surface area contributed by atoms with Gasteiger partial charge in [0, 0.05) is 30.4 Å². The van der Waals surface area contributed by atoms with Crippen LogP contribution in [0, 0.1) is 0 Å². The van der Waals surface area contributed by atoms with Crippen molar-refractivity contribution < 1.29 is 31.1 Å². The third kappa shape index (κ3) is 7.72. The van der Waals surface area contributed by atoms with Crippen molar-refractivity contribution >= 4 is 17.3 Å². The van der Waals surface area contributed by atoms with Gasteiger partial charge < -0.3 is 15.0 Å². The standard InChI is InChI=1S/C26H27F6N5O/c1-17-5-2-3-14-37(17)21-11-8-18(9-12-21)10-13-22-34-23(36-24(35-22)38-16-25(27,28)29)33-20-7-4-6-19(15-20)26(30,31)32/h4,6-9,11-12,15,17H,2-3,5,10,13-14,16H2,1H3,(H,33,34,35,36). The Labute approximate surface area is 216 Å². The molecule has 1 saturated heterocycles. The van der Waals surface area contributed by atoms with Gasteiger partial charge in [0.2, 0.25) is 5.95 Å². The Morgan fingerprint density at radius 3 is 2.39 bits per heavy atom. The van der Waals surface area contributed by atoms with Crippen LogP contribution in [-0.4, -0.2) is 40.3 Å². The average Bonchev–Trinajstić information content (AvgIpc) is 2.86. The van der Waals surface area contributed by atoms with E-state index in [1.165, 1.54) is 18.6 Å². The molecule has 0 amide bonds. The third-order valence-electron chi connectivity index (χ3n) is 6.18. The zero-order valence-corrected chi connectivity index (χ0v) is 20.6. The van der Waals surface area contributed by atoms with Crippen molar-refractivity contribution in [3.05, 3.63) is 65.5 Å². The lowest BCUT2D eigenvalue weighted by atomic mass is 10.0. The summed E-state index contributed by atoms with van der Waals surface area (Å²) in [4.78, 5) is 14.4. The van der Waals surface area contributed by atoms with Crippen LogP contribution in [0.15, 0.2) is 48.5 Å². The van der Waals surface area contributed by atoms with Gasteiger partial charge in [0.15, 0.2) is 6.61 Å². The number of benzene rings is 2. The predicted molar refractivity (Wildman–Crippen MR) is 131 cm³/mol. The molecule has 2 heterocycles. The van der Waals surface area contributed by atoms with E-state index in [2.05, 4.69) is 32.1 Å². The molecule has 1 aromatic heterocycles. The second kappa shape index (κ2) is 11.4. The van der Waals surface area contributed by atoms with Crippen LogP contribution in [0.3, 0.4) is 0 Å². The lowest BCUT2D eigenvalue weighted by Crippen LogP contribution is -2.37. The van der Waals surface area contributed by atoms with Crippen molar-refractivity contribution in [2.75, 3.05) is 23.4 Å². The van der Waals surface area contributed by atoms with E-state index < -0.39 is 30.5 Å². The van der Waals surface area contributed by atoms with Crippen molar-refractivity contribution in [3.63, 3.8) is 0 Å². The van der Waals surface area contributed by atoms with Gasteiger partial charge in [-0.1, -0.05) is 18.2 Å². The molecule has 1 fully saturated rings. The Bertz CT molecular complexity index is 1220. The number of aryl methyl sites for hydroxylation is 2. The molecule has 0 saturated carbocycles. The van der Waals surface area contributed by atoms with Crippen LogP contribution in [0.2, 0.25) is 0 Å². The first-order valence-electron chi connectivity index (χ1n) is 12.2. The highest BCUT2D eigenvalue weighted by molar-refractivity contribution is 5.55. The maximum atomic E-state index is 13.1. The van der Waals surface area contributed by atoms with E-state index in [1.54, 1.807) is 0 Å². The minimum Gasteiger partial charge on any atom is -0.454 e. The molecule has 2 aromatic carbocycles. The second-order valence-corrected chi connectivity index (χ2v) is 9.17. The number of ether oxygens (including phenoxy) is 1. The highest BCUT2D eigenvalue weighted by atomic mass is 19.4. The minimum atomic E-state index is -4.62. The molecular formula is C26H27F6N5O. The van der Waals surface area contributed by atoms with Crippen LogP contribution in [-0.2, 0) is 19.0 Å². The van der Waals surface area contributed by atoms with Gasteiger partial charge in [0.1, 0.15) is 5.82 Å². The number of alkyl halides is 6. The molecule has 1 unspecified atom stereocenters. The van der Waals surface area contributed by atoms with E-state index in [0.717, 1.165) is 42.8 Å². The predicted octanol–water partition coefficient (Wildman–Crippen LogP) is 6.74. The number of halogens is 6. The van der Waals surface area contributed by atoms with Crippen molar-refractivity contribution in [2.24, 2.45) is 0 Å². The summed E-state index contributed by atoms with van der Waals surface area (Å²) < 4.78 is 81.9. The molecule has 12 heteroatoms. The van der Waals surface area contributed by atoms with Gasteiger partial charge in [0.05, 0.1) is 5.56 Å². The van der Waals surface area contributed by atoms with Crippen LogP contribution in [0.4, 0.5) is 43.7 Å². The lowest BCUT2D eigenvalue weighted by molar-refractivity contribution is -0.154. The van der Waals surface area contributed by atoms with Gasteiger partial charge >= 0.3 is 18.4 Å². The normalized spacial score (nSPS) is 16.4. The van der Waals surface area contributed by atoms with E-state index >= 15 is 0 Å². The summed E-state index contributed by atoms with van der Waals surface area (Å²) in [5.41, 5.74) is 1.23. The Balaban J connectivity index is 1.49. The summed E-state index contributed by atoms with van der Waals surface area (Å²) in [6, 6.07) is 12.3. The van der Waals surface area contributed by atoms with Crippen molar-refractivity contribution in [1.82, 2.24) is 15.0 Å². The molecule has 204 valence electrons. The molecule has 0 bridgehead atoms. The molecule has 0 spiro atoms. The number of rotatable bonds is 8. The van der Waals surface area contributed by atoms with Gasteiger partial charge in [-0.2, -0.15) is 41.3 Å². The summed E-state index contributed by atoms with van der Waals surface area (Å²) in [7, 11) is 0. The molecule has 0 radical (unpaired) electrons. The summed E-state index contributed by atoms with van der Waals surface area (Å²) in [6.45, 7) is 1.60. The molecule has 0 aliphatic carbocycles. The van der Waals surface area contributed by atoms with E-state index in [-0.39, 0.29) is 23.9 Å². The number of nitrogens with zero attached hydrogens (tertiary/aromatic N) is 4. The molecule has 4 rings (SSSR count). The topological polar surface area (TPSA) is 63.2 Å². The van der Waals surface area contributed by atoms with Crippen molar-refractivity contribution in [2.45, 2.75) is 57.4 Å². The van der Waals surface area contributed by atoms with E-state index in [9.17, 15) is 26.3 Å². The number of hydrogen-bond acceptors (Lipinski definition) is 6. The van der Waals surface area contributed by atoms with Crippen molar-refractivity contribution in [3.8, 4) is 6.01 Å². The zero-order valence-electron chi connectivity index (χ0n) is 20.6. The number of piperidine rings is 1. The molecular weight excluding hydrogens is 512 g/mol. The zero-order chi connectivity index (χ0) is 27.3. The molecule has 1 atom stereocenters. The first-order valence-corrected chi connectivity index (χ1v) is 12.2. The highest BCUT2D eigenvalue weighted by Gasteiger charge is 2.31. The lowest BCUT2D eigenvalue weighted by Gasteiger charge is -2.35. The van der Waals surface area contributed by atoms with Crippen LogP contribution in [0.5, 0.6) is 6.01 Å². The number of hydrogen-bond donors (Lipinski definition) is 1. The maximum Gasteiger partial charge on any atom is 0.422 e. The van der Waals surface area contributed by atoms with E-state index in [4.69, 9.17) is 4.74 Å². The fourth-order valence-electron chi connectivity index (χ4n) is 4.27. The summed E-state index contributed by atoms with van der Waals surface area (Å²) in [5.74, 6) is -0.0821. The number of nitrogens with one attached hydrogen (secondary N) is 1. The summed E-state index contributed by atoms with van der Waals surface area (Å²) in [5, 5.41) is 2.61. The smallest absolute Gasteiger partial charge is 0.422 e. The van der Waals surface area contributed by atoms with Crippen LogP contribution in [0.25, 0.3) is 0 Å². The largest absolute Gasteiger partial charge is 0.454 e. The van der Waals surface area contributed by atoms with Crippen LogP contribution < -0.4 is 15.0 Å². The summed E-state index contributed by atoms with van der Waals surface area (Å²) >= 11 is 0. The quantitative estimate of drug-likeness (QED) is 0.320. The average molecular weight is 540 g/mol. The Morgan fingerprint density at radius 2 is 1.71 bits per heavy atom. The Hall–Kier alpha value is -3.57. The molecule has 38 heavy (non-hydrogen) atoms. The van der Waals surface area contributed by atoms with Gasteiger partial charge in [0.25, 0.3) is 0 Å².